The third kappa shape index (κ3) is 3.37. The first-order valence-corrected chi connectivity index (χ1v) is 9.56. The molecule has 4 rings (SSSR count). The van der Waals surface area contributed by atoms with Gasteiger partial charge in [-0.05, 0) is 44.9 Å². The van der Waals surface area contributed by atoms with Gasteiger partial charge in [0.1, 0.15) is 5.67 Å². The zero-order valence-corrected chi connectivity index (χ0v) is 16.9. The molecule has 3 aromatic rings. The lowest BCUT2D eigenvalue weighted by Crippen LogP contribution is -2.25. The van der Waals surface area contributed by atoms with Gasteiger partial charge in [0.2, 0.25) is 5.95 Å². The molecule has 0 spiro atoms. The molecular formula is C21H25FN6. The second-order valence-corrected chi connectivity index (χ2v) is 8.29. The summed E-state index contributed by atoms with van der Waals surface area (Å²) >= 11 is 0. The average Bonchev–Trinajstić information content (AvgIpc) is 3.18. The van der Waals surface area contributed by atoms with Crippen LogP contribution < -0.4 is 5.32 Å². The summed E-state index contributed by atoms with van der Waals surface area (Å²) in [5, 5.41) is 7.36. The summed E-state index contributed by atoms with van der Waals surface area (Å²) < 4.78 is 15.4. The van der Waals surface area contributed by atoms with Crippen molar-refractivity contribution in [3.8, 4) is 11.3 Å². The Morgan fingerprint density at radius 3 is 2.75 bits per heavy atom. The van der Waals surface area contributed by atoms with E-state index in [2.05, 4.69) is 41.2 Å². The van der Waals surface area contributed by atoms with Crippen LogP contribution in [0.4, 0.5) is 16.0 Å². The lowest BCUT2D eigenvalue weighted by atomic mass is 9.89. The summed E-state index contributed by atoms with van der Waals surface area (Å²) in [6.45, 7) is 9.64. The highest BCUT2D eigenvalue weighted by molar-refractivity contribution is 5.96. The van der Waals surface area contributed by atoms with E-state index in [-0.39, 0.29) is 12.5 Å². The maximum Gasteiger partial charge on any atom is 0.241 e. The number of hydrogen-bond donors (Lipinski definition) is 1. The topological polar surface area (TPSA) is 67.5 Å². The minimum Gasteiger partial charge on any atom is -0.350 e. The van der Waals surface area contributed by atoms with Crippen molar-refractivity contribution in [1.29, 1.82) is 0 Å². The van der Waals surface area contributed by atoms with Crippen LogP contribution in [0.15, 0.2) is 35.6 Å². The van der Waals surface area contributed by atoms with Gasteiger partial charge in [0, 0.05) is 23.4 Å². The zero-order chi connectivity index (χ0) is 20.1. The van der Waals surface area contributed by atoms with Crippen LogP contribution >= 0.6 is 0 Å². The molecule has 146 valence electrons. The predicted octanol–water partition coefficient (Wildman–Crippen LogP) is 4.80. The summed E-state index contributed by atoms with van der Waals surface area (Å²) in [5.41, 5.74) is 4.48. The Balaban J connectivity index is 1.68. The maximum atomic E-state index is 13.7. The van der Waals surface area contributed by atoms with E-state index in [4.69, 9.17) is 4.98 Å². The molecule has 7 heteroatoms. The molecule has 1 atom stereocenters. The summed E-state index contributed by atoms with van der Waals surface area (Å²) in [6.07, 6.45) is 3.61. The fraction of sp³-hybridized carbons (Fsp3) is 0.429. The summed E-state index contributed by atoms with van der Waals surface area (Å²) in [4.78, 5) is 14.0. The number of aliphatic imine (C=N–C) groups is 1. The van der Waals surface area contributed by atoms with Gasteiger partial charge in [0.15, 0.2) is 0 Å². The maximum absolute atomic E-state index is 13.7. The second kappa shape index (κ2) is 6.65. The van der Waals surface area contributed by atoms with Gasteiger partial charge in [-0.15, -0.1) is 5.10 Å². The number of alkyl halides is 1. The van der Waals surface area contributed by atoms with Gasteiger partial charge in [0.05, 0.1) is 35.3 Å². The smallest absolute Gasteiger partial charge is 0.241 e. The number of hydrogen-bond acceptors (Lipinski definition) is 5. The molecule has 0 saturated carbocycles. The van der Waals surface area contributed by atoms with Crippen LogP contribution in [0.1, 0.15) is 46.2 Å². The number of fused-ring (bicyclic) bond motifs is 2. The van der Waals surface area contributed by atoms with Crippen molar-refractivity contribution < 1.29 is 4.39 Å². The molecule has 4 heterocycles. The molecule has 28 heavy (non-hydrogen) atoms. The molecule has 0 aromatic carbocycles. The molecule has 1 unspecified atom stereocenters. The fourth-order valence-electron chi connectivity index (χ4n) is 3.68. The minimum atomic E-state index is -1.33. The molecule has 6 nitrogen and oxygen atoms in total. The Hall–Kier alpha value is -2.83. The van der Waals surface area contributed by atoms with Gasteiger partial charge >= 0.3 is 0 Å². The van der Waals surface area contributed by atoms with E-state index >= 15 is 0 Å². The van der Waals surface area contributed by atoms with E-state index in [1.54, 1.807) is 10.7 Å². The van der Waals surface area contributed by atoms with Crippen molar-refractivity contribution >= 4 is 22.9 Å². The standard InChI is InChI=1S/C21H25FN6/c1-12(2)18-13(3)25-16-7-6-15(26-19(16)18)14-8-9-28-17(14)10-23-20(27-28)24-11-21(4,5)22/h6-10,12,18H,11H2,1-5H3,(H,24,27). The van der Waals surface area contributed by atoms with Crippen LogP contribution in [0.5, 0.6) is 0 Å². The Morgan fingerprint density at radius 2 is 2.04 bits per heavy atom. The number of nitrogens with one attached hydrogen (secondary N) is 1. The first-order valence-electron chi connectivity index (χ1n) is 9.56. The number of halogens is 1. The number of anilines is 1. The number of aromatic nitrogens is 4. The van der Waals surface area contributed by atoms with Crippen molar-refractivity contribution in [3.05, 3.63) is 36.3 Å². The number of rotatable bonds is 5. The van der Waals surface area contributed by atoms with Gasteiger partial charge in [-0.2, -0.15) is 0 Å². The van der Waals surface area contributed by atoms with Crippen molar-refractivity contribution in [2.45, 2.75) is 46.2 Å². The van der Waals surface area contributed by atoms with E-state index < -0.39 is 5.67 Å². The van der Waals surface area contributed by atoms with E-state index in [0.717, 1.165) is 33.9 Å². The molecule has 1 aliphatic heterocycles. The molecule has 0 fully saturated rings. The largest absolute Gasteiger partial charge is 0.350 e. The molecule has 0 radical (unpaired) electrons. The Labute approximate surface area is 163 Å². The quantitative estimate of drug-likeness (QED) is 0.691. The van der Waals surface area contributed by atoms with E-state index in [1.807, 2.05) is 24.4 Å². The summed E-state index contributed by atoms with van der Waals surface area (Å²) in [5.74, 6) is 1.08. The van der Waals surface area contributed by atoms with Crippen LogP contribution in [0.2, 0.25) is 0 Å². The van der Waals surface area contributed by atoms with E-state index in [0.29, 0.717) is 11.9 Å². The molecular weight excluding hydrogens is 355 g/mol. The molecule has 1 N–H and O–H groups in total. The van der Waals surface area contributed by atoms with Crippen molar-refractivity contribution in [1.82, 2.24) is 19.6 Å². The van der Waals surface area contributed by atoms with Gasteiger partial charge in [-0.25, -0.2) is 18.9 Å². The third-order valence-electron chi connectivity index (χ3n) is 4.97. The average molecular weight is 380 g/mol. The SMILES string of the molecule is CC1=Nc2ccc(-c3ccn4nc(NCC(C)(C)F)ncc34)nc2C1C(C)C. The number of pyridine rings is 1. The normalized spacial score (nSPS) is 16.5. The van der Waals surface area contributed by atoms with Crippen molar-refractivity contribution in [3.63, 3.8) is 0 Å². The zero-order valence-electron chi connectivity index (χ0n) is 16.9. The lowest BCUT2D eigenvalue weighted by molar-refractivity contribution is 0.234. The molecule has 0 bridgehead atoms. The highest BCUT2D eigenvalue weighted by atomic mass is 19.1. The van der Waals surface area contributed by atoms with Crippen molar-refractivity contribution in [2.75, 3.05) is 11.9 Å². The van der Waals surface area contributed by atoms with Gasteiger partial charge in [0.25, 0.3) is 0 Å². The predicted molar refractivity (Wildman–Crippen MR) is 110 cm³/mol. The first kappa shape index (κ1) is 18.5. The molecule has 3 aromatic heterocycles. The van der Waals surface area contributed by atoms with Crippen LogP contribution in [0, 0.1) is 5.92 Å². The van der Waals surface area contributed by atoms with Gasteiger partial charge in [-0.1, -0.05) is 13.8 Å². The Kier molecular flexibility index (Phi) is 4.40. The van der Waals surface area contributed by atoms with Gasteiger partial charge < -0.3 is 5.32 Å². The second-order valence-electron chi connectivity index (χ2n) is 8.29. The number of nitrogens with zero attached hydrogens (tertiary/aromatic N) is 5. The van der Waals surface area contributed by atoms with Gasteiger partial charge in [-0.3, -0.25) is 4.99 Å². The third-order valence-corrected chi connectivity index (χ3v) is 4.97. The Morgan fingerprint density at radius 1 is 1.25 bits per heavy atom. The summed E-state index contributed by atoms with van der Waals surface area (Å²) in [6, 6.07) is 6.01. The van der Waals surface area contributed by atoms with Crippen LogP contribution in [0.25, 0.3) is 16.8 Å². The monoisotopic (exact) mass is 380 g/mol. The minimum absolute atomic E-state index is 0.148. The van der Waals surface area contributed by atoms with Crippen LogP contribution in [-0.4, -0.2) is 37.5 Å². The molecule has 1 aliphatic rings. The molecule has 0 aliphatic carbocycles. The molecule has 0 amide bonds. The highest BCUT2D eigenvalue weighted by Gasteiger charge is 2.29. The van der Waals surface area contributed by atoms with E-state index in [9.17, 15) is 4.39 Å². The van der Waals surface area contributed by atoms with Crippen molar-refractivity contribution in [2.24, 2.45) is 10.9 Å². The highest BCUT2D eigenvalue weighted by Crippen LogP contribution is 2.40. The van der Waals surface area contributed by atoms with Crippen LogP contribution in [-0.2, 0) is 0 Å². The molecule has 0 saturated heterocycles. The first-order chi connectivity index (χ1) is 13.2. The Bertz CT molecular complexity index is 1060. The lowest BCUT2D eigenvalue weighted by Gasteiger charge is -2.16. The fourth-order valence-corrected chi connectivity index (χ4v) is 3.68. The van der Waals surface area contributed by atoms with E-state index in [1.165, 1.54) is 13.8 Å². The van der Waals surface area contributed by atoms with Crippen LogP contribution in [0.3, 0.4) is 0 Å². The summed E-state index contributed by atoms with van der Waals surface area (Å²) in [7, 11) is 0.